The van der Waals surface area contributed by atoms with E-state index >= 15 is 0 Å². The van der Waals surface area contributed by atoms with Crippen molar-refractivity contribution in [3.63, 3.8) is 0 Å². The Labute approximate surface area is 167 Å². The standard InChI is InChI=1S/C18H12BrClN2O3S/c19-13-7-3-1-5-11(13)17(24)25-9-16(23)22-18-21-15(10-26-18)12-6-2-4-8-14(12)20/h1-8,10H,9H2,(H,21,22,23). The Kier molecular flexibility index (Phi) is 6.03. The average molecular weight is 452 g/mol. The maximum absolute atomic E-state index is 12.0. The van der Waals surface area contributed by atoms with Crippen molar-refractivity contribution in [2.75, 3.05) is 11.9 Å². The SMILES string of the molecule is O=C(COC(=O)c1ccccc1Br)Nc1nc(-c2ccccc2Cl)cs1. The van der Waals surface area contributed by atoms with Crippen LogP contribution in [0.5, 0.6) is 0 Å². The summed E-state index contributed by atoms with van der Waals surface area (Å²) in [6.45, 7) is -0.402. The van der Waals surface area contributed by atoms with E-state index in [-0.39, 0.29) is 0 Å². The number of nitrogens with one attached hydrogen (secondary N) is 1. The van der Waals surface area contributed by atoms with Crippen LogP contribution in [0, 0.1) is 0 Å². The van der Waals surface area contributed by atoms with E-state index in [1.165, 1.54) is 11.3 Å². The minimum Gasteiger partial charge on any atom is -0.452 e. The number of amides is 1. The van der Waals surface area contributed by atoms with Gasteiger partial charge >= 0.3 is 5.97 Å². The number of halogens is 2. The fourth-order valence-electron chi connectivity index (χ4n) is 2.11. The van der Waals surface area contributed by atoms with Gasteiger partial charge in [-0.2, -0.15) is 0 Å². The minimum atomic E-state index is -0.580. The van der Waals surface area contributed by atoms with Gasteiger partial charge in [-0.15, -0.1) is 11.3 Å². The van der Waals surface area contributed by atoms with E-state index in [1.807, 2.05) is 18.2 Å². The van der Waals surface area contributed by atoms with Crippen LogP contribution in [-0.4, -0.2) is 23.5 Å². The van der Waals surface area contributed by atoms with E-state index in [0.717, 1.165) is 5.56 Å². The molecule has 2 aromatic carbocycles. The monoisotopic (exact) mass is 450 g/mol. The van der Waals surface area contributed by atoms with Crippen molar-refractivity contribution in [1.29, 1.82) is 0 Å². The van der Waals surface area contributed by atoms with Gasteiger partial charge in [0.2, 0.25) is 0 Å². The first-order valence-corrected chi connectivity index (χ1v) is 9.51. The number of carbonyl (C=O) groups is 2. The number of benzene rings is 2. The highest BCUT2D eigenvalue weighted by Gasteiger charge is 2.14. The number of rotatable bonds is 5. The van der Waals surface area contributed by atoms with Crippen molar-refractivity contribution in [1.82, 2.24) is 4.98 Å². The molecular formula is C18H12BrClN2O3S. The number of hydrogen-bond donors (Lipinski definition) is 1. The lowest BCUT2D eigenvalue weighted by molar-refractivity contribution is -0.119. The largest absolute Gasteiger partial charge is 0.452 e. The molecule has 0 aliphatic rings. The molecule has 1 amide bonds. The van der Waals surface area contributed by atoms with Gasteiger partial charge in [-0.1, -0.05) is 41.9 Å². The van der Waals surface area contributed by atoms with E-state index in [4.69, 9.17) is 16.3 Å². The molecule has 0 unspecified atom stereocenters. The molecule has 1 aromatic heterocycles. The molecule has 0 fully saturated rings. The Morgan fingerprint density at radius 3 is 2.65 bits per heavy atom. The molecule has 3 aromatic rings. The maximum Gasteiger partial charge on any atom is 0.339 e. The van der Waals surface area contributed by atoms with Gasteiger partial charge in [0.1, 0.15) is 0 Å². The van der Waals surface area contributed by atoms with Gasteiger partial charge in [-0.05, 0) is 34.1 Å². The van der Waals surface area contributed by atoms with Crippen LogP contribution in [-0.2, 0) is 9.53 Å². The van der Waals surface area contributed by atoms with E-state index in [0.29, 0.717) is 25.9 Å². The summed E-state index contributed by atoms with van der Waals surface area (Å²) in [6, 6.07) is 14.2. The van der Waals surface area contributed by atoms with Gasteiger partial charge < -0.3 is 4.74 Å². The van der Waals surface area contributed by atoms with E-state index < -0.39 is 18.5 Å². The van der Waals surface area contributed by atoms with Gasteiger partial charge in [-0.3, -0.25) is 10.1 Å². The van der Waals surface area contributed by atoms with Gasteiger partial charge in [0.25, 0.3) is 5.91 Å². The number of esters is 1. The van der Waals surface area contributed by atoms with E-state index in [1.54, 1.807) is 35.7 Å². The summed E-state index contributed by atoms with van der Waals surface area (Å²) < 4.78 is 5.63. The fourth-order valence-corrected chi connectivity index (χ4v) is 3.52. The quantitative estimate of drug-likeness (QED) is 0.553. The summed E-state index contributed by atoms with van der Waals surface area (Å²) in [5, 5.41) is 5.39. The lowest BCUT2D eigenvalue weighted by Crippen LogP contribution is -2.21. The number of nitrogens with zero attached hydrogens (tertiary/aromatic N) is 1. The highest BCUT2D eigenvalue weighted by atomic mass is 79.9. The Morgan fingerprint density at radius 2 is 1.88 bits per heavy atom. The predicted molar refractivity (Wildman–Crippen MR) is 106 cm³/mol. The third-order valence-corrected chi connectivity index (χ3v) is 5.11. The van der Waals surface area contributed by atoms with E-state index in [2.05, 4.69) is 26.2 Å². The van der Waals surface area contributed by atoms with Gasteiger partial charge in [-0.25, -0.2) is 9.78 Å². The van der Waals surface area contributed by atoms with Crippen molar-refractivity contribution in [3.8, 4) is 11.3 Å². The molecule has 132 valence electrons. The Hall–Kier alpha value is -2.22. The Morgan fingerprint density at radius 1 is 1.15 bits per heavy atom. The molecule has 5 nitrogen and oxygen atoms in total. The molecule has 0 bridgehead atoms. The lowest BCUT2D eigenvalue weighted by Gasteiger charge is -2.06. The first-order chi connectivity index (χ1) is 12.5. The minimum absolute atomic E-state index is 0.357. The van der Waals surface area contributed by atoms with Crippen LogP contribution in [0.3, 0.4) is 0 Å². The highest BCUT2D eigenvalue weighted by Crippen LogP contribution is 2.30. The van der Waals surface area contributed by atoms with Gasteiger partial charge in [0.15, 0.2) is 11.7 Å². The zero-order chi connectivity index (χ0) is 18.5. The average Bonchev–Trinajstić information content (AvgIpc) is 3.08. The molecule has 0 aliphatic carbocycles. The summed E-state index contributed by atoms with van der Waals surface area (Å²) in [7, 11) is 0. The van der Waals surface area contributed by atoms with E-state index in [9.17, 15) is 9.59 Å². The number of aromatic nitrogens is 1. The molecule has 0 spiro atoms. The van der Waals surface area contributed by atoms with Crippen molar-refractivity contribution in [2.45, 2.75) is 0 Å². The second-order valence-corrected chi connectivity index (χ2v) is 7.24. The van der Waals surface area contributed by atoms with Crippen molar-refractivity contribution < 1.29 is 14.3 Å². The second-order valence-electron chi connectivity index (χ2n) is 5.12. The van der Waals surface area contributed by atoms with Crippen molar-refractivity contribution in [3.05, 3.63) is 69.0 Å². The molecule has 1 N–H and O–H groups in total. The van der Waals surface area contributed by atoms with Gasteiger partial charge in [0.05, 0.1) is 11.3 Å². The third kappa shape index (κ3) is 4.49. The summed E-state index contributed by atoms with van der Waals surface area (Å²) in [4.78, 5) is 28.3. The molecule has 0 saturated heterocycles. The Balaban J connectivity index is 1.58. The number of anilines is 1. The van der Waals surface area contributed by atoms with Crippen molar-refractivity contribution in [2.24, 2.45) is 0 Å². The summed E-state index contributed by atoms with van der Waals surface area (Å²) in [6.07, 6.45) is 0. The van der Waals surface area contributed by atoms with Crippen LogP contribution < -0.4 is 5.32 Å². The van der Waals surface area contributed by atoms with Crippen LogP contribution in [0.15, 0.2) is 58.4 Å². The van der Waals surface area contributed by atoms with Crippen LogP contribution in [0.25, 0.3) is 11.3 Å². The molecule has 0 aliphatic heterocycles. The third-order valence-electron chi connectivity index (χ3n) is 3.33. The van der Waals surface area contributed by atoms with Crippen LogP contribution >= 0.6 is 38.9 Å². The van der Waals surface area contributed by atoms with Gasteiger partial charge in [0, 0.05) is 20.4 Å². The first-order valence-electron chi connectivity index (χ1n) is 7.46. The summed E-state index contributed by atoms with van der Waals surface area (Å²) in [5.41, 5.74) is 1.81. The highest BCUT2D eigenvalue weighted by molar-refractivity contribution is 9.10. The molecule has 1 heterocycles. The predicted octanol–water partition coefficient (Wildman–Crippen LogP) is 5.02. The fraction of sp³-hybridized carbons (Fsp3) is 0.0556. The number of carbonyl (C=O) groups excluding carboxylic acids is 2. The summed E-state index contributed by atoms with van der Waals surface area (Å²) in [5.74, 6) is -1.05. The zero-order valence-electron chi connectivity index (χ0n) is 13.2. The number of thiazole rings is 1. The number of ether oxygens (including phenoxy) is 1. The molecule has 0 atom stereocenters. The molecule has 3 rings (SSSR count). The lowest BCUT2D eigenvalue weighted by atomic mass is 10.2. The molecule has 0 saturated carbocycles. The maximum atomic E-state index is 12.0. The molecule has 8 heteroatoms. The molecule has 26 heavy (non-hydrogen) atoms. The van der Waals surface area contributed by atoms with Crippen molar-refractivity contribution >= 4 is 55.9 Å². The van der Waals surface area contributed by atoms with Crippen LogP contribution in [0.2, 0.25) is 5.02 Å². The van der Waals surface area contributed by atoms with Crippen LogP contribution in [0.1, 0.15) is 10.4 Å². The zero-order valence-corrected chi connectivity index (χ0v) is 16.4. The topological polar surface area (TPSA) is 68.3 Å². The second kappa shape index (κ2) is 8.44. The summed E-state index contributed by atoms with van der Waals surface area (Å²) >= 11 is 10.7. The first kappa shape index (κ1) is 18.6. The normalized spacial score (nSPS) is 10.4. The molecule has 0 radical (unpaired) electrons. The molecular weight excluding hydrogens is 440 g/mol. The van der Waals surface area contributed by atoms with Crippen LogP contribution in [0.4, 0.5) is 5.13 Å². The smallest absolute Gasteiger partial charge is 0.339 e. The number of hydrogen-bond acceptors (Lipinski definition) is 5. The Bertz CT molecular complexity index is 961.